The molecule has 20 heavy (non-hydrogen) atoms. The van der Waals surface area contributed by atoms with E-state index in [4.69, 9.17) is 5.73 Å². The number of likely N-dealkylation sites (tertiary alicyclic amines) is 1. The highest BCUT2D eigenvalue weighted by Gasteiger charge is 2.44. The van der Waals surface area contributed by atoms with Crippen molar-refractivity contribution in [2.75, 3.05) is 19.6 Å². The van der Waals surface area contributed by atoms with Crippen molar-refractivity contribution in [3.8, 4) is 0 Å². The van der Waals surface area contributed by atoms with Crippen LogP contribution in [0.15, 0.2) is 24.3 Å². The van der Waals surface area contributed by atoms with Gasteiger partial charge in [0.15, 0.2) is 0 Å². The lowest BCUT2D eigenvalue weighted by molar-refractivity contribution is -0.170. The Morgan fingerprint density at radius 2 is 1.90 bits per heavy atom. The predicted molar refractivity (Wildman–Crippen MR) is 68.7 cm³/mol. The molecule has 0 spiro atoms. The van der Waals surface area contributed by atoms with Crippen LogP contribution in [-0.4, -0.2) is 36.8 Å². The number of rotatable bonds is 4. The Kier molecular flexibility index (Phi) is 4.65. The van der Waals surface area contributed by atoms with Crippen LogP contribution < -0.4 is 5.73 Å². The molecule has 6 heteroatoms. The minimum absolute atomic E-state index is 0.00651. The number of benzene rings is 1. The summed E-state index contributed by atoms with van der Waals surface area (Å²) in [4.78, 5) is 1.79. The number of halogens is 4. The van der Waals surface area contributed by atoms with Gasteiger partial charge in [0.2, 0.25) is 0 Å². The summed E-state index contributed by atoms with van der Waals surface area (Å²) < 4.78 is 50.8. The Labute approximate surface area is 115 Å². The third-order valence-corrected chi connectivity index (χ3v) is 3.86. The fraction of sp³-hybridized carbons (Fsp3) is 0.571. The van der Waals surface area contributed by atoms with Crippen LogP contribution >= 0.6 is 0 Å². The molecule has 0 saturated carbocycles. The van der Waals surface area contributed by atoms with Gasteiger partial charge < -0.3 is 5.73 Å². The molecule has 0 bridgehead atoms. The highest BCUT2D eigenvalue weighted by atomic mass is 19.4. The van der Waals surface area contributed by atoms with Crippen LogP contribution in [0.5, 0.6) is 0 Å². The molecule has 0 aromatic heterocycles. The maximum Gasteiger partial charge on any atom is 0.393 e. The Hall–Kier alpha value is -1.14. The van der Waals surface area contributed by atoms with Gasteiger partial charge in [-0.25, -0.2) is 4.39 Å². The lowest BCUT2D eigenvalue weighted by Crippen LogP contribution is -2.41. The van der Waals surface area contributed by atoms with Crippen molar-refractivity contribution in [3.63, 3.8) is 0 Å². The van der Waals surface area contributed by atoms with E-state index in [2.05, 4.69) is 0 Å². The number of alkyl halides is 3. The monoisotopic (exact) mass is 290 g/mol. The maximum atomic E-state index is 12.8. The predicted octanol–water partition coefficient (Wildman–Crippen LogP) is 2.58. The molecule has 1 fully saturated rings. The average molecular weight is 290 g/mol. The van der Waals surface area contributed by atoms with Gasteiger partial charge in [0.25, 0.3) is 0 Å². The zero-order chi connectivity index (χ0) is 14.8. The Morgan fingerprint density at radius 1 is 1.25 bits per heavy atom. The van der Waals surface area contributed by atoms with Gasteiger partial charge in [-0.2, -0.15) is 13.2 Å². The van der Waals surface area contributed by atoms with Crippen LogP contribution in [0.3, 0.4) is 0 Å². The second-order valence-electron chi connectivity index (χ2n) is 5.24. The van der Waals surface area contributed by atoms with Crippen molar-refractivity contribution >= 4 is 0 Å². The topological polar surface area (TPSA) is 29.3 Å². The molecule has 112 valence electrons. The van der Waals surface area contributed by atoms with Gasteiger partial charge in [-0.15, -0.1) is 0 Å². The smallest absolute Gasteiger partial charge is 0.329 e. The van der Waals surface area contributed by atoms with Crippen LogP contribution in [0.1, 0.15) is 12.0 Å². The van der Waals surface area contributed by atoms with Gasteiger partial charge in [-0.3, -0.25) is 4.90 Å². The molecule has 1 saturated heterocycles. The minimum atomic E-state index is -4.14. The van der Waals surface area contributed by atoms with Gasteiger partial charge in [-0.1, -0.05) is 12.1 Å². The Balaban J connectivity index is 1.97. The fourth-order valence-electron chi connectivity index (χ4n) is 2.64. The number of nitrogens with zero attached hydrogens (tertiary/aromatic N) is 1. The Morgan fingerprint density at radius 3 is 2.40 bits per heavy atom. The Bertz CT molecular complexity index is 430. The average Bonchev–Trinajstić information content (AvgIpc) is 2.87. The summed E-state index contributed by atoms with van der Waals surface area (Å²) >= 11 is 0. The zero-order valence-corrected chi connectivity index (χ0v) is 11.0. The molecule has 1 heterocycles. The van der Waals surface area contributed by atoms with E-state index in [0.29, 0.717) is 19.5 Å². The fourth-order valence-corrected chi connectivity index (χ4v) is 2.64. The van der Waals surface area contributed by atoms with Crippen molar-refractivity contribution in [2.24, 2.45) is 11.7 Å². The first kappa shape index (κ1) is 15.3. The number of nitrogens with two attached hydrogens (primary N) is 1. The van der Waals surface area contributed by atoms with E-state index in [1.54, 1.807) is 17.0 Å². The lowest BCUT2D eigenvalue weighted by Gasteiger charge is -2.27. The first-order chi connectivity index (χ1) is 9.40. The molecule has 2 N–H and O–H groups in total. The van der Waals surface area contributed by atoms with Crippen molar-refractivity contribution in [1.82, 2.24) is 4.90 Å². The lowest BCUT2D eigenvalue weighted by atomic mass is 10.0. The van der Waals surface area contributed by atoms with E-state index in [9.17, 15) is 17.6 Å². The summed E-state index contributed by atoms with van der Waals surface area (Å²) in [6.07, 6.45) is -3.46. The second kappa shape index (κ2) is 6.10. The SMILES string of the molecule is NC[C@@H](Cc1ccc(F)cc1)N1CC[C@@H](C(F)(F)F)C1. The molecule has 0 amide bonds. The van der Waals surface area contributed by atoms with Gasteiger partial charge in [-0.05, 0) is 37.1 Å². The molecule has 2 rings (SSSR count). The molecular weight excluding hydrogens is 272 g/mol. The van der Waals surface area contributed by atoms with Gasteiger partial charge in [0.05, 0.1) is 5.92 Å². The minimum Gasteiger partial charge on any atom is -0.329 e. The van der Waals surface area contributed by atoms with E-state index < -0.39 is 12.1 Å². The summed E-state index contributed by atoms with van der Waals surface area (Å²) in [7, 11) is 0. The summed E-state index contributed by atoms with van der Waals surface area (Å²) in [6, 6.07) is 5.87. The molecule has 1 aliphatic heterocycles. The van der Waals surface area contributed by atoms with Crippen LogP contribution in [0.25, 0.3) is 0 Å². The quantitative estimate of drug-likeness (QED) is 0.864. The van der Waals surface area contributed by atoms with Crippen LogP contribution in [0, 0.1) is 11.7 Å². The molecule has 0 aliphatic carbocycles. The first-order valence-electron chi connectivity index (χ1n) is 6.65. The van der Waals surface area contributed by atoms with E-state index in [1.165, 1.54) is 12.1 Å². The van der Waals surface area contributed by atoms with Gasteiger partial charge >= 0.3 is 6.18 Å². The summed E-state index contributed by atoms with van der Waals surface area (Å²) in [5.41, 5.74) is 6.57. The zero-order valence-electron chi connectivity index (χ0n) is 11.0. The summed E-state index contributed by atoms with van der Waals surface area (Å²) in [5.74, 6) is -1.58. The van der Waals surface area contributed by atoms with E-state index in [1.807, 2.05) is 0 Å². The molecule has 0 radical (unpaired) electrons. The second-order valence-corrected chi connectivity index (χ2v) is 5.24. The van der Waals surface area contributed by atoms with Crippen molar-refractivity contribution < 1.29 is 17.6 Å². The highest BCUT2D eigenvalue weighted by molar-refractivity contribution is 5.17. The van der Waals surface area contributed by atoms with Crippen LogP contribution in [0.4, 0.5) is 17.6 Å². The highest BCUT2D eigenvalue weighted by Crippen LogP contribution is 2.34. The van der Waals surface area contributed by atoms with E-state index >= 15 is 0 Å². The van der Waals surface area contributed by atoms with Crippen LogP contribution in [-0.2, 0) is 6.42 Å². The molecule has 2 nitrogen and oxygen atoms in total. The summed E-state index contributed by atoms with van der Waals surface area (Å²) in [5, 5.41) is 0. The first-order valence-corrected chi connectivity index (χ1v) is 6.65. The van der Waals surface area contributed by atoms with Crippen molar-refractivity contribution in [1.29, 1.82) is 0 Å². The molecule has 1 aromatic carbocycles. The molecule has 1 aromatic rings. The summed E-state index contributed by atoms with van der Waals surface area (Å²) in [6.45, 7) is 0.710. The maximum absolute atomic E-state index is 12.8. The molecule has 2 atom stereocenters. The third kappa shape index (κ3) is 3.70. The standard InChI is InChI=1S/C14H18F4N2/c15-12-3-1-10(2-4-12)7-13(8-19)20-6-5-11(9-20)14(16,17)18/h1-4,11,13H,5-9,19H2/t11-,13-/m1/s1. The third-order valence-electron chi connectivity index (χ3n) is 3.86. The molecule has 0 unspecified atom stereocenters. The van der Waals surface area contributed by atoms with E-state index in [0.717, 1.165) is 5.56 Å². The van der Waals surface area contributed by atoms with Crippen LogP contribution in [0.2, 0.25) is 0 Å². The van der Waals surface area contributed by atoms with E-state index in [-0.39, 0.29) is 24.8 Å². The van der Waals surface area contributed by atoms with Gasteiger partial charge in [0.1, 0.15) is 5.82 Å². The largest absolute Gasteiger partial charge is 0.393 e. The number of hydrogen-bond donors (Lipinski definition) is 1. The normalized spacial score (nSPS) is 22.1. The van der Waals surface area contributed by atoms with Crippen molar-refractivity contribution in [2.45, 2.75) is 25.1 Å². The molecule has 1 aliphatic rings. The van der Waals surface area contributed by atoms with Gasteiger partial charge in [0, 0.05) is 19.1 Å². The van der Waals surface area contributed by atoms with Crippen molar-refractivity contribution in [3.05, 3.63) is 35.6 Å². The number of hydrogen-bond acceptors (Lipinski definition) is 2. The molecular formula is C14H18F4N2.